The first-order valence-corrected chi connectivity index (χ1v) is 7.04. The molecule has 5 heteroatoms. The van der Waals surface area contributed by atoms with E-state index in [4.69, 9.17) is 21.1 Å². The van der Waals surface area contributed by atoms with Crippen molar-refractivity contribution in [2.75, 3.05) is 13.2 Å². The van der Waals surface area contributed by atoms with Gasteiger partial charge in [0, 0.05) is 0 Å². The Labute approximate surface area is 114 Å². The van der Waals surface area contributed by atoms with Gasteiger partial charge in [-0.1, -0.05) is 51.1 Å². The molecule has 0 fully saturated rings. The van der Waals surface area contributed by atoms with E-state index in [1.807, 2.05) is 0 Å². The van der Waals surface area contributed by atoms with Gasteiger partial charge in [0.15, 0.2) is 0 Å². The predicted molar refractivity (Wildman–Crippen MR) is 70.6 cm³/mol. The zero-order chi connectivity index (χ0) is 13.8. The van der Waals surface area contributed by atoms with E-state index in [0.717, 1.165) is 38.5 Å². The quantitative estimate of drug-likeness (QED) is 0.267. The molecule has 0 aliphatic rings. The molecule has 0 atom stereocenters. The Morgan fingerprint density at radius 1 is 0.889 bits per heavy atom. The summed E-state index contributed by atoms with van der Waals surface area (Å²) in [5.41, 5.74) is 0. The van der Waals surface area contributed by atoms with Gasteiger partial charge in [-0.15, -0.1) is 0 Å². The van der Waals surface area contributed by atoms with Gasteiger partial charge in [-0.05, 0) is 12.8 Å². The second kappa shape index (κ2) is 11.3. The van der Waals surface area contributed by atoms with Crippen LogP contribution in [-0.2, 0) is 19.1 Å². The van der Waals surface area contributed by atoms with E-state index in [1.54, 1.807) is 0 Å². The van der Waals surface area contributed by atoms with Crippen LogP contribution >= 0.6 is 11.6 Å². The van der Waals surface area contributed by atoms with Gasteiger partial charge in [0.25, 0.3) is 0 Å². The van der Waals surface area contributed by atoms with E-state index < -0.39 is 17.3 Å². The monoisotopic (exact) mass is 278 g/mol. The van der Waals surface area contributed by atoms with Gasteiger partial charge in [0.1, 0.15) is 0 Å². The first-order chi connectivity index (χ1) is 8.63. The molecule has 0 saturated heterocycles. The molecular weight excluding hydrogens is 256 g/mol. The van der Waals surface area contributed by atoms with Crippen LogP contribution in [0.15, 0.2) is 0 Å². The summed E-state index contributed by atoms with van der Waals surface area (Å²) in [6.07, 6.45) is 5.64. The van der Waals surface area contributed by atoms with Gasteiger partial charge in [-0.25, -0.2) is 9.59 Å². The highest BCUT2D eigenvalue weighted by molar-refractivity contribution is 6.39. The van der Waals surface area contributed by atoms with Gasteiger partial charge < -0.3 is 9.47 Å². The number of rotatable bonds is 10. The van der Waals surface area contributed by atoms with Crippen LogP contribution in [0.3, 0.4) is 0 Å². The average Bonchev–Trinajstić information content (AvgIpc) is 2.38. The van der Waals surface area contributed by atoms with Crippen molar-refractivity contribution in [2.45, 2.75) is 57.7 Å². The number of ether oxygens (including phenoxy) is 2. The van der Waals surface area contributed by atoms with E-state index in [0.29, 0.717) is 13.2 Å². The summed E-state index contributed by atoms with van der Waals surface area (Å²) in [5, 5.41) is -1.34. The summed E-state index contributed by atoms with van der Waals surface area (Å²) in [6, 6.07) is 0. The van der Waals surface area contributed by atoms with Crippen LogP contribution in [0, 0.1) is 0 Å². The van der Waals surface area contributed by atoms with Gasteiger partial charge >= 0.3 is 11.9 Å². The van der Waals surface area contributed by atoms with E-state index in [1.165, 1.54) is 0 Å². The van der Waals surface area contributed by atoms with Crippen LogP contribution in [0.25, 0.3) is 0 Å². The zero-order valence-electron chi connectivity index (χ0n) is 11.2. The molecule has 106 valence electrons. The van der Waals surface area contributed by atoms with Crippen LogP contribution in [0.5, 0.6) is 0 Å². The smallest absolute Gasteiger partial charge is 0.335 e. The third-order valence-electron chi connectivity index (χ3n) is 2.40. The van der Waals surface area contributed by atoms with E-state index in [2.05, 4.69) is 13.8 Å². The fraction of sp³-hybridized carbons (Fsp3) is 0.846. The standard InChI is InChI=1S/C13H23ClO4/c1-3-5-7-9-17-12(15)11(14)13(16)18-10-8-6-4-2/h11H,3-10H2,1-2H3. The molecule has 0 aromatic rings. The number of halogens is 1. The number of carbonyl (C=O) groups excluding carboxylic acids is 2. The Balaban J connectivity index is 3.72. The highest BCUT2D eigenvalue weighted by atomic mass is 35.5. The number of esters is 2. The normalized spacial score (nSPS) is 10.4. The first kappa shape index (κ1) is 17.2. The third-order valence-corrected chi connectivity index (χ3v) is 2.75. The summed E-state index contributed by atoms with van der Waals surface area (Å²) in [6.45, 7) is 4.72. The topological polar surface area (TPSA) is 52.6 Å². The minimum atomic E-state index is -1.34. The van der Waals surface area contributed by atoms with Crippen molar-refractivity contribution in [1.82, 2.24) is 0 Å². The maximum absolute atomic E-state index is 11.4. The second-order valence-electron chi connectivity index (χ2n) is 4.11. The molecule has 0 unspecified atom stereocenters. The van der Waals surface area contributed by atoms with Crippen molar-refractivity contribution < 1.29 is 19.1 Å². The molecule has 0 heterocycles. The molecule has 0 rings (SSSR count). The molecule has 0 radical (unpaired) electrons. The Morgan fingerprint density at radius 2 is 1.28 bits per heavy atom. The number of hydrogen-bond donors (Lipinski definition) is 0. The van der Waals surface area contributed by atoms with E-state index in [9.17, 15) is 9.59 Å². The van der Waals surface area contributed by atoms with Crippen LogP contribution in [0.1, 0.15) is 52.4 Å². The van der Waals surface area contributed by atoms with Gasteiger partial charge in [0.2, 0.25) is 5.38 Å². The Kier molecular flexibility index (Phi) is 10.8. The van der Waals surface area contributed by atoms with Gasteiger partial charge in [-0.2, -0.15) is 0 Å². The molecule has 4 nitrogen and oxygen atoms in total. The minimum absolute atomic E-state index is 0.305. The average molecular weight is 279 g/mol. The number of unbranched alkanes of at least 4 members (excludes halogenated alkanes) is 4. The highest BCUT2D eigenvalue weighted by Crippen LogP contribution is 2.05. The van der Waals surface area contributed by atoms with Crippen molar-refractivity contribution in [1.29, 1.82) is 0 Å². The minimum Gasteiger partial charge on any atom is -0.464 e. The fourth-order valence-corrected chi connectivity index (χ4v) is 1.42. The van der Waals surface area contributed by atoms with Crippen molar-refractivity contribution in [3.63, 3.8) is 0 Å². The highest BCUT2D eigenvalue weighted by Gasteiger charge is 2.26. The van der Waals surface area contributed by atoms with Crippen molar-refractivity contribution in [3.05, 3.63) is 0 Å². The van der Waals surface area contributed by atoms with Gasteiger partial charge in [0.05, 0.1) is 13.2 Å². The molecule has 0 bridgehead atoms. The maximum atomic E-state index is 11.4. The molecule has 0 saturated carbocycles. The predicted octanol–water partition coefficient (Wildman–Crippen LogP) is 3.06. The summed E-state index contributed by atoms with van der Waals surface area (Å²) < 4.78 is 9.77. The number of alkyl halides is 1. The number of carbonyl (C=O) groups is 2. The molecular formula is C13H23ClO4. The molecule has 0 aliphatic heterocycles. The summed E-state index contributed by atoms with van der Waals surface area (Å²) in [7, 11) is 0. The van der Waals surface area contributed by atoms with Crippen molar-refractivity contribution >= 4 is 23.5 Å². The van der Waals surface area contributed by atoms with Crippen molar-refractivity contribution in [2.24, 2.45) is 0 Å². The van der Waals surface area contributed by atoms with E-state index >= 15 is 0 Å². The Hall–Kier alpha value is -0.770. The van der Waals surface area contributed by atoms with E-state index in [-0.39, 0.29) is 0 Å². The van der Waals surface area contributed by atoms with Crippen LogP contribution in [0.2, 0.25) is 0 Å². The Morgan fingerprint density at radius 3 is 1.61 bits per heavy atom. The third kappa shape index (κ3) is 8.34. The molecule has 0 aromatic carbocycles. The second-order valence-corrected chi connectivity index (χ2v) is 4.55. The maximum Gasteiger partial charge on any atom is 0.335 e. The molecule has 18 heavy (non-hydrogen) atoms. The first-order valence-electron chi connectivity index (χ1n) is 6.60. The van der Waals surface area contributed by atoms with Crippen LogP contribution in [-0.4, -0.2) is 30.5 Å². The molecule has 0 aliphatic carbocycles. The molecule has 0 N–H and O–H groups in total. The van der Waals surface area contributed by atoms with Crippen LogP contribution in [0.4, 0.5) is 0 Å². The lowest BCUT2D eigenvalue weighted by molar-refractivity contribution is -0.154. The summed E-state index contributed by atoms with van der Waals surface area (Å²) >= 11 is 5.66. The SMILES string of the molecule is CCCCCOC(=O)C(Cl)C(=O)OCCCCC. The number of hydrogen-bond acceptors (Lipinski definition) is 4. The van der Waals surface area contributed by atoms with Crippen molar-refractivity contribution in [3.8, 4) is 0 Å². The lowest BCUT2D eigenvalue weighted by Crippen LogP contribution is -2.29. The lowest BCUT2D eigenvalue weighted by atomic mass is 10.3. The van der Waals surface area contributed by atoms with Crippen LogP contribution < -0.4 is 0 Å². The molecule has 0 aromatic heterocycles. The largest absolute Gasteiger partial charge is 0.464 e. The molecule has 0 amide bonds. The fourth-order valence-electron chi connectivity index (χ4n) is 1.29. The zero-order valence-corrected chi connectivity index (χ0v) is 12.0. The van der Waals surface area contributed by atoms with Gasteiger partial charge in [-0.3, -0.25) is 0 Å². The Bertz CT molecular complexity index is 219. The summed E-state index contributed by atoms with van der Waals surface area (Å²) in [5.74, 6) is -1.43. The molecule has 0 spiro atoms. The lowest BCUT2D eigenvalue weighted by Gasteiger charge is -2.09. The summed E-state index contributed by atoms with van der Waals surface area (Å²) in [4.78, 5) is 22.8.